The molecule has 2 fully saturated rings. The quantitative estimate of drug-likeness (QED) is 0.728. The maximum Gasteiger partial charge on any atom is 0.252 e. The van der Waals surface area contributed by atoms with E-state index in [-0.39, 0.29) is 30.4 Å². The van der Waals surface area contributed by atoms with Crippen LogP contribution in [0, 0.1) is 5.92 Å². The Morgan fingerprint density at radius 2 is 1.91 bits per heavy atom. The first-order valence-electron chi connectivity index (χ1n) is 11.3. The number of nitrogens with one attached hydrogen (secondary N) is 1. The van der Waals surface area contributed by atoms with Gasteiger partial charge in [-0.3, -0.25) is 19.3 Å². The van der Waals surface area contributed by atoms with E-state index in [4.69, 9.17) is 9.47 Å². The van der Waals surface area contributed by atoms with Crippen LogP contribution in [0.3, 0.4) is 0 Å². The number of ether oxygens (including phenoxy) is 2. The number of hydrogen-bond donors (Lipinski definition) is 1. The SMILES string of the molecule is CC(=O)c1cc2c(cc1NC(=O)[C@@H]1C[C@H]3CCCN3[C@]13C(=O)N(C)c1ccccc13)OCO2. The van der Waals surface area contributed by atoms with Crippen molar-refractivity contribution in [3.8, 4) is 11.5 Å². The predicted molar refractivity (Wildman–Crippen MR) is 121 cm³/mol. The molecule has 2 aromatic carbocycles. The van der Waals surface area contributed by atoms with Gasteiger partial charge in [-0.25, -0.2) is 0 Å². The van der Waals surface area contributed by atoms with E-state index >= 15 is 0 Å². The lowest BCUT2D eigenvalue weighted by atomic mass is 9.78. The molecular weight excluding hydrogens is 422 g/mol. The van der Waals surface area contributed by atoms with E-state index in [2.05, 4.69) is 10.2 Å². The van der Waals surface area contributed by atoms with Crippen LogP contribution in [0.2, 0.25) is 0 Å². The molecule has 0 unspecified atom stereocenters. The van der Waals surface area contributed by atoms with Gasteiger partial charge in [0.15, 0.2) is 17.3 Å². The lowest BCUT2D eigenvalue weighted by Gasteiger charge is -2.37. The van der Waals surface area contributed by atoms with Gasteiger partial charge < -0.3 is 19.7 Å². The highest BCUT2D eigenvalue weighted by Gasteiger charge is 2.66. The average molecular weight is 447 g/mol. The van der Waals surface area contributed by atoms with Crippen molar-refractivity contribution in [2.45, 2.75) is 37.8 Å². The van der Waals surface area contributed by atoms with Crippen molar-refractivity contribution in [3.05, 3.63) is 47.5 Å². The van der Waals surface area contributed by atoms with E-state index in [1.54, 1.807) is 24.1 Å². The molecule has 1 N–H and O–H groups in total. The number of carbonyl (C=O) groups excluding carboxylic acids is 3. The summed E-state index contributed by atoms with van der Waals surface area (Å²) in [6, 6.07) is 11.2. The Bertz CT molecular complexity index is 1210. The topological polar surface area (TPSA) is 88.2 Å². The molecule has 8 heteroatoms. The van der Waals surface area contributed by atoms with Gasteiger partial charge in [-0.05, 0) is 44.9 Å². The zero-order valence-electron chi connectivity index (χ0n) is 18.6. The van der Waals surface area contributed by atoms with Crippen molar-refractivity contribution in [3.63, 3.8) is 0 Å². The second-order valence-corrected chi connectivity index (χ2v) is 9.22. The first kappa shape index (κ1) is 20.2. The van der Waals surface area contributed by atoms with Gasteiger partial charge in [-0.2, -0.15) is 0 Å². The van der Waals surface area contributed by atoms with Gasteiger partial charge in [0.05, 0.1) is 11.6 Å². The molecule has 0 aromatic heterocycles. The fourth-order valence-electron chi connectivity index (χ4n) is 6.22. The number of nitrogens with zero attached hydrogens (tertiary/aromatic N) is 2. The minimum Gasteiger partial charge on any atom is -0.454 e. The van der Waals surface area contributed by atoms with Crippen molar-refractivity contribution >= 4 is 29.0 Å². The molecule has 0 aliphatic carbocycles. The normalized spacial score (nSPS) is 27.2. The number of ketones is 1. The van der Waals surface area contributed by atoms with Crippen molar-refractivity contribution < 1.29 is 23.9 Å². The monoisotopic (exact) mass is 447 g/mol. The van der Waals surface area contributed by atoms with Crippen LogP contribution in [-0.2, 0) is 15.1 Å². The lowest BCUT2D eigenvalue weighted by molar-refractivity contribution is -0.136. The summed E-state index contributed by atoms with van der Waals surface area (Å²) in [5.74, 6) is -0.120. The number of rotatable bonds is 3. The van der Waals surface area contributed by atoms with Gasteiger partial charge in [0.2, 0.25) is 12.7 Å². The van der Waals surface area contributed by atoms with Crippen molar-refractivity contribution in [2.75, 3.05) is 30.6 Å². The fourth-order valence-corrected chi connectivity index (χ4v) is 6.22. The number of benzene rings is 2. The first-order valence-corrected chi connectivity index (χ1v) is 11.3. The third kappa shape index (κ3) is 2.64. The van der Waals surface area contributed by atoms with E-state index in [1.165, 1.54) is 6.92 Å². The summed E-state index contributed by atoms with van der Waals surface area (Å²) in [5.41, 5.74) is 1.45. The van der Waals surface area contributed by atoms with Crippen LogP contribution in [-0.4, -0.2) is 48.9 Å². The summed E-state index contributed by atoms with van der Waals surface area (Å²) in [6.45, 7) is 2.31. The van der Waals surface area contributed by atoms with Crippen LogP contribution < -0.4 is 19.7 Å². The second kappa shape index (κ2) is 7.05. The zero-order chi connectivity index (χ0) is 22.9. The maximum absolute atomic E-state index is 13.9. The van der Waals surface area contributed by atoms with Gasteiger partial charge in [0.1, 0.15) is 5.54 Å². The third-order valence-corrected chi connectivity index (χ3v) is 7.62. The van der Waals surface area contributed by atoms with Crippen LogP contribution >= 0.6 is 0 Å². The van der Waals surface area contributed by atoms with Crippen molar-refractivity contribution in [1.82, 2.24) is 4.90 Å². The Kier molecular flexibility index (Phi) is 4.32. The van der Waals surface area contributed by atoms with Crippen LogP contribution in [0.5, 0.6) is 11.5 Å². The Hall–Kier alpha value is -3.39. The van der Waals surface area contributed by atoms with E-state index in [1.807, 2.05) is 24.3 Å². The number of likely N-dealkylation sites (N-methyl/N-ethyl adjacent to an activating group) is 1. The summed E-state index contributed by atoms with van der Waals surface area (Å²) < 4.78 is 10.9. The van der Waals surface area contributed by atoms with Crippen LogP contribution in [0.4, 0.5) is 11.4 Å². The molecule has 1 spiro atoms. The summed E-state index contributed by atoms with van der Waals surface area (Å²) in [5, 5.41) is 2.98. The van der Waals surface area contributed by atoms with E-state index in [9.17, 15) is 14.4 Å². The van der Waals surface area contributed by atoms with Gasteiger partial charge >= 0.3 is 0 Å². The minimum atomic E-state index is -1.02. The highest BCUT2D eigenvalue weighted by Crippen LogP contribution is 2.57. The molecule has 33 heavy (non-hydrogen) atoms. The average Bonchev–Trinajstić information content (AvgIpc) is 3.55. The summed E-state index contributed by atoms with van der Waals surface area (Å²) in [7, 11) is 1.78. The summed E-state index contributed by atoms with van der Waals surface area (Å²) in [4.78, 5) is 43.9. The van der Waals surface area contributed by atoms with Crippen molar-refractivity contribution in [1.29, 1.82) is 0 Å². The zero-order valence-corrected chi connectivity index (χ0v) is 18.6. The molecule has 4 aliphatic rings. The summed E-state index contributed by atoms with van der Waals surface area (Å²) >= 11 is 0. The smallest absolute Gasteiger partial charge is 0.252 e. The number of para-hydroxylation sites is 1. The van der Waals surface area contributed by atoms with E-state index < -0.39 is 11.5 Å². The molecule has 8 nitrogen and oxygen atoms in total. The summed E-state index contributed by atoms with van der Waals surface area (Å²) in [6.07, 6.45) is 2.57. The fraction of sp³-hybridized carbons (Fsp3) is 0.400. The Labute approximate surface area is 191 Å². The largest absolute Gasteiger partial charge is 0.454 e. The Morgan fingerprint density at radius 3 is 2.70 bits per heavy atom. The number of Topliss-reactive ketones (excluding diaryl/α,β-unsaturated/α-hetero) is 1. The number of amides is 2. The minimum absolute atomic E-state index is 0.0641. The number of fused-ring (bicyclic) bond motifs is 5. The molecule has 4 heterocycles. The number of carbonyl (C=O) groups is 3. The Balaban J connectivity index is 1.43. The maximum atomic E-state index is 13.9. The standard InChI is InChI=1S/C25H25N3O5/c1-14(29)16-11-21-22(33-13-32-21)12-19(16)26-23(30)18-10-15-6-5-9-28(15)25(18)17-7-3-4-8-20(17)27(2)24(25)31/h3-4,7-8,11-12,15,18H,5-6,9-10,13H2,1-2H3,(H,26,30)/t15-,18+,25+/m1/s1. The molecule has 3 atom stereocenters. The molecule has 0 bridgehead atoms. The molecule has 2 aromatic rings. The second-order valence-electron chi connectivity index (χ2n) is 9.22. The molecule has 0 saturated carbocycles. The molecule has 0 radical (unpaired) electrons. The lowest BCUT2D eigenvalue weighted by Crippen LogP contribution is -2.55. The van der Waals surface area contributed by atoms with Gasteiger partial charge in [-0.1, -0.05) is 18.2 Å². The molecule has 2 amide bonds. The molecule has 170 valence electrons. The number of hydrogen-bond acceptors (Lipinski definition) is 6. The van der Waals surface area contributed by atoms with E-state index in [0.717, 1.165) is 30.6 Å². The first-order chi connectivity index (χ1) is 15.9. The molecule has 6 rings (SSSR count). The predicted octanol–water partition coefficient (Wildman–Crippen LogP) is 2.91. The van der Waals surface area contributed by atoms with Crippen LogP contribution in [0.15, 0.2) is 36.4 Å². The van der Waals surface area contributed by atoms with Crippen LogP contribution in [0.1, 0.15) is 42.1 Å². The van der Waals surface area contributed by atoms with Gasteiger partial charge in [0, 0.05) is 36.0 Å². The van der Waals surface area contributed by atoms with E-state index in [0.29, 0.717) is 29.2 Å². The number of anilines is 2. The molecular formula is C25H25N3O5. The molecule has 2 saturated heterocycles. The highest BCUT2D eigenvalue weighted by atomic mass is 16.7. The Morgan fingerprint density at radius 1 is 1.15 bits per heavy atom. The van der Waals surface area contributed by atoms with Crippen LogP contribution in [0.25, 0.3) is 0 Å². The van der Waals surface area contributed by atoms with Gasteiger partial charge in [-0.15, -0.1) is 0 Å². The molecule has 4 aliphatic heterocycles. The highest BCUT2D eigenvalue weighted by molar-refractivity contribution is 6.12. The third-order valence-electron chi connectivity index (χ3n) is 7.62. The van der Waals surface area contributed by atoms with Crippen molar-refractivity contribution in [2.24, 2.45) is 5.92 Å². The van der Waals surface area contributed by atoms with Gasteiger partial charge in [0.25, 0.3) is 5.91 Å².